The van der Waals surface area contributed by atoms with Crippen LogP contribution >= 0.6 is 0 Å². The average molecular weight is 396 g/mol. The molecule has 0 spiro atoms. The number of aryl methyl sites for hydroxylation is 1. The number of nitrogens with zero attached hydrogens (tertiary/aromatic N) is 3. The summed E-state index contributed by atoms with van der Waals surface area (Å²) in [7, 11) is 3.19. The zero-order valence-corrected chi connectivity index (χ0v) is 16.7. The Morgan fingerprint density at radius 3 is 2.41 bits per heavy atom. The van der Waals surface area contributed by atoms with Gasteiger partial charge in [0.15, 0.2) is 0 Å². The highest BCUT2D eigenvalue weighted by Gasteiger charge is 2.20. The van der Waals surface area contributed by atoms with Crippen molar-refractivity contribution in [1.82, 2.24) is 14.0 Å². The van der Waals surface area contributed by atoms with Gasteiger partial charge in [-0.05, 0) is 31.2 Å². The van der Waals surface area contributed by atoms with Crippen LogP contribution in [0.25, 0.3) is 11.0 Å². The largest absolute Gasteiger partial charge is 0.495 e. The molecule has 0 unspecified atom stereocenters. The molecule has 3 aromatic rings. The number of rotatable bonds is 7. The molecule has 152 valence electrons. The maximum atomic E-state index is 12.8. The van der Waals surface area contributed by atoms with E-state index in [1.54, 1.807) is 44.3 Å². The maximum absolute atomic E-state index is 12.8. The Bertz CT molecular complexity index is 1100. The molecular formula is C21H24N4O4. The molecule has 1 N–H and O–H groups in total. The number of imidazole rings is 1. The second-order valence-electron chi connectivity index (χ2n) is 6.57. The third-order valence-corrected chi connectivity index (χ3v) is 4.80. The van der Waals surface area contributed by atoms with Crippen LogP contribution in [-0.2, 0) is 23.2 Å². The van der Waals surface area contributed by atoms with Gasteiger partial charge in [-0.3, -0.25) is 18.7 Å². The lowest BCUT2D eigenvalue weighted by Gasteiger charge is -2.21. The monoisotopic (exact) mass is 396 g/mol. The van der Waals surface area contributed by atoms with Crippen LogP contribution in [0.1, 0.15) is 6.92 Å². The fourth-order valence-corrected chi connectivity index (χ4v) is 3.24. The highest BCUT2D eigenvalue weighted by atomic mass is 16.5. The van der Waals surface area contributed by atoms with Crippen molar-refractivity contribution in [1.29, 1.82) is 0 Å². The van der Waals surface area contributed by atoms with E-state index in [1.807, 2.05) is 18.2 Å². The number of carbonyl (C=O) groups excluding carboxylic acids is 2. The van der Waals surface area contributed by atoms with E-state index in [0.717, 1.165) is 5.52 Å². The Hall–Kier alpha value is -3.55. The molecule has 0 aliphatic heterocycles. The van der Waals surface area contributed by atoms with Gasteiger partial charge in [0.05, 0.1) is 30.4 Å². The van der Waals surface area contributed by atoms with E-state index in [2.05, 4.69) is 5.32 Å². The van der Waals surface area contributed by atoms with Crippen LogP contribution in [-0.4, -0.2) is 46.0 Å². The van der Waals surface area contributed by atoms with Gasteiger partial charge in [-0.2, -0.15) is 0 Å². The molecule has 0 aliphatic rings. The highest BCUT2D eigenvalue weighted by Crippen LogP contribution is 2.22. The van der Waals surface area contributed by atoms with E-state index >= 15 is 0 Å². The predicted molar refractivity (Wildman–Crippen MR) is 111 cm³/mol. The smallest absolute Gasteiger partial charge is 0.329 e. The van der Waals surface area contributed by atoms with E-state index in [4.69, 9.17) is 4.74 Å². The van der Waals surface area contributed by atoms with Crippen LogP contribution in [0.3, 0.4) is 0 Å². The van der Waals surface area contributed by atoms with Crippen molar-refractivity contribution in [2.75, 3.05) is 25.5 Å². The van der Waals surface area contributed by atoms with Crippen molar-refractivity contribution in [2.45, 2.75) is 13.5 Å². The number of methoxy groups -OCH3 is 1. The predicted octanol–water partition coefficient (Wildman–Crippen LogP) is 1.84. The van der Waals surface area contributed by atoms with Crippen LogP contribution in [0, 0.1) is 0 Å². The Balaban J connectivity index is 1.74. The molecule has 3 rings (SSSR count). The van der Waals surface area contributed by atoms with Gasteiger partial charge in [0.25, 0.3) is 0 Å². The minimum absolute atomic E-state index is 0.118. The number of likely N-dealkylation sites (N-methyl/N-ethyl adjacent to an activating group) is 1. The Morgan fingerprint density at radius 2 is 1.72 bits per heavy atom. The van der Waals surface area contributed by atoms with Crippen molar-refractivity contribution in [3.8, 4) is 5.75 Å². The summed E-state index contributed by atoms with van der Waals surface area (Å²) >= 11 is 0. The van der Waals surface area contributed by atoms with Crippen molar-refractivity contribution in [3.05, 3.63) is 59.0 Å². The van der Waals surface area contributed by atoms with E-state index < -0.39 is 0 Å². The molecular weight excluding hydrogens is 372 g/mol. The van der Waals surface area contributed by atoms with Gasteiger partial charge < -0.3 is 15.0 Å². The van der Waals surface area contributed by atoms with E-state index in [0.29, 0.717) is 23.5 Å². The number of aromatic nitrogens is 2. The number of anilines is 1. The lowest BCUT2D eigenvalue weighted by atomic mass is 10.3. The fraction of sp³-hybridized carbons (Fsp3) is 0.286. The molecule has 0 radical (unpaired) electrons. The van der Waals surface area contributed by atoms with Crippen molar-refractivity contribution in [2.24, 2.45) is 7.05 Å². The molecule has 1 heterocycles. The number of ether oxygens (including phenoxy) is 1. The second kappa shape index (κ2) is 8.64. The van der Waals surface area contributed by atoms with Gasteiger partial charge in [0.2, 0.25) is 11.8 Å². The van der Waals surface area contributed by atoms with Crippen molar-refractivity contribution < 1.29 is 14.3 Å². The van der Waals surface area contributed by atoms with Crippen LogP contribution in [0.2, 0.25) is 0 Å². The third kappa shape index (κ3) is 4.16. The standard InChI is InChI=1S/C21H24N4O4/c1-4-24(13-19(26)22-15-9-5-8-12-18(15)29-3)20(27)14-25-17-11-7-6-10-16(17)23(2)21(25)28/h5-12H,4,13-14H2,1-3H3,(H,22,26). The first-order valence-electron chi connectivity index (χ1n) is 9.31. The SMILES string of the molecule is CCN(CC(=O)Nc1ccccc1OC)C(=O)Cn1c(=O)n(C)c2ccccc21. The molecule has 0 aliphatic carbocycles. The first-order chi connectivity index (χ1) is 14.0. The van der Waals surface area contributed by atoms with Crippen LogP contribution in [0.5, 0.6) is 5.75 Å². The lowest BCUT2D eigenvalue weighted by Crippen LogP contribution is -2.41. The van der Waals surface area contributed by atoms with Crippen molar-refractivity contribution in [3.63, 3.8) is 0 Å². The summed E-state index contributed by atoms with van der Waals surface area (Å²) in [4.78, 5) is 39.2. The van der Waals surface area contributed by atoms with E-state index in [-0.39, 0.29) is 30.6 Å². The number of hydrogen-bond donors (Lipinski definition) is 1. The first-order valence-corrected chi connectivity index (χ1v) is 9.31. The highest BCUT2D eigenvalue weighted by molar-refractivity contribution is 5.95. The molecule has 8 heteroatoms. The van der Waals surface area contributed by atoms with Gasteiger partial charge in [-0.25, -0.2) is 4.79 Å². The number of amides is 2. The van der Waals surface area contributed by atoms with Crippen LogP contribution < -0.4 is 15.7 Å². The zero-order valence-electron chi connectivity index (χ0n) is 16.7. The number of para-hydroxylation sites is 4. The van der Waals surface area contributed by atoms with Gasteiger partial charge in [0, 0.05) is 13.6 Å². The topological polar surface area (TPSA) is 85.6 Å². The number of fused-ring (bicyclic) bond motifs is 1. The molecule has 8 nitrogen and oxygen atoms in total. The molecule has 0 saturated heterocycles. The summed E-state index contributed by atoms with van der Waals surface area (Å²) in [6.07, 6.45) is 0. The third-order valence-electron chi connectivity index (χ3n) is 4.80. The van der Waals surface area contributed by atoms with Gasteiger partial charge in [-0.1, -0.05) is 24.3 Å². The number of carbonyl (C=O) groups is 2. The van der Waals surface area contributed by atoms with E-state index in [9.17, 15) is 14.4 Å². The number of nitrogens with one attached hydrogen (secondary N) is 1. The lowest BCUT2D eigenvalue weighted by molar-refractivity contribution is -0.135. The molecule has 2 amide bonds. The quantitative estimate of drug-likeness (QED) is 0.660. The van der Waals surface area contributed by atoms with Crippen molar-refractivity contribution >= 4 is 28.5 Å². The minimum atomic E-state index is -0.338. The van der Waals surface area contributed by atoms with Gasteiger partial charge in [-0.15, -0.1) is 0 Å². The Morgan fingerprint density at radius 1 is 1.07 bits per heavy atom. The fourth-order valence-electron chi connectivity index (χ4n) is 3.24. The Labute approximate surface area is 168 Å². The summed E-state index contributed by atoms with van der Waals surface area (Å²) in [5, 5.41) is 2.76. The first kappa shape index (κ1) is 20.2. The Kier molecular flexibility index (Phi) is 6.01. The molecule has 0 atom stereocenters. The molecule has 0 fully saturated rings. The normalized spacial score (nSPS) is 10.7. The molecule has 2 aromatic carbocycles. The number of benzene rings is 2. The molecule has 0 bridgehead atoms. The van der Waals surface area contributed by atoms with Gasteiger partial charge >= 0.3 is 5.69 Å². The summed E-state index contributed by atoms with van der Waals surface area (Å²) in [5.74, 6) is -0.103. The number of hydrogen-bond acceptors (Lipinski definition) is 4. The second-order valence-corrected chi connectivity index (χ2v) is 6.57. The molecule has 0 saturated carbocycles. The average Bonchev–Trinajstić information content (AvgIpc) is 2.97. The maximum Gasteiger partial charge on any atom is 0.329 e. The summed E-state index contributed by atoms with van der Waals surface area (Å²) in [6.45, 7) is 1.89. The molecule has 29 heavy (non-hydrogen) atoms. The zero-order chi connectivity index (χ0) is 21.0. The molecule has 1 aromatic heterocycles. The summed E-state index contributed by atoms with van der Waals surface area (Å²) < 4.78 is 8.16. The van der Waals surface area contributed by atoms with E-state index in [1.165, 1.54) is 21.1 Å². The minimum Gasteiger partial charge on any atom is -0.495 e. The summed E-state index contributed by atoms with van der Waals surface area (Å²) in [5.41, 5.74) is 1.70. The summed E-state index contributed by atoms with van der Waals surface area (Å²) in [6, 6.07) is 14.3. The van der Waals surface area contributed by atoms with Gasteiger partial charge in [0.1, 0.15) is 12.3 Å². The van der Waals surface area contributed by atoms with Crippen LogP contribution in [0.15, 0.2) is 53.3 Å². The van der Waals surface area contributed by atoms with Crippen LogP contribution in [0.4, 0.5) is 5.69 Å².